The predicted octanol–water partition coefficient (Wildman–Crippen LogP) is 5.68. The van der Waals surface area contributed by atoms with E-state index in [-0.39, 0.29) is 30.0 Å². The molecule has 12 heteroatoms. The molecule has 44 heavy (non-hydrogen) atoms. The van der Waals surface area contributed by atoms with Crippen LogP contribution in [0.5, 0.6) is 0 Å². The number of carbonyl (C=O) groups is 2. The maximum absolute atomic E-state index is 14.5. The smallest absolute Gasteiger partial charge is 0.389 e. The van der Waals surface area contributed by atoms with E-state index in [0.29, 0.717) is 29.1 Å². The maximum atomic E-state index is 14.5. The summed E-state index contributed by atoms with van der Waals surface area (Å²) >= 11 is 1.24. The van der Waals surface area contributed by atoms with E-state index in [1.165, 1.54) is 11.3 Å². The normalized spacial score (nSPS) is 40.2. The number of aromatic nitrogens is 1. The summed E-state index contributed by atoms with van der Waals surface area (Å²) in [4.78, 5) is 31.1. The number of hydrogen-bond donors (Lipinski definition) is 1. The van der Waals surface area contributed by atoms with E-state index < -0.39 is 76.3 Å². The summed E-state index contributed by atoms with van der Waals surface area (Å²) in [6.07, 6.45) is -1.96. The molecule has 0 spiro atoms. The average Bonchev–Trinajstić information content (AvgIpc) is 3.62. The van der Waals surface area contributed by atoms with Crippen molar-refractivity contribution < 1.29 is 41.5 Å². The second-order valence-electron chi connectivity index (χ2n) is 13.4. The molecule has 10 atom stereocenters. The van der Waals surface area contributed by atoms with Crippen LogP contribution in [0.4, 0.5) is 13.2 Å². The van der Waals surface area contributed by atoms with Gasteiger partial charge in [0.1, 0.15) is 0 Å². The molecule has 3 saturated carbocycles. The number of para-hydroxylation sites is 1. The molecule has 0 radical (unpaired) electrons. The zero-order chi connectivity index (χ0) is 31.2. The van der Waals surface area contributed by atoms with Crippen molar-refractivity contribution in [2.45, 2.75) is 87.0 Å². The zero-order valence-corrected chi connectivity index (χ0v) is 26.0. The topological polar surface area (TPSA) is 103 Å². The fourth-order valence-corrected chi connectivity index (χ4v) is 11.6. The molecule has 1 aromatic heterocycles. The number of allylic oxidation sites excluding steroid dienone is 4. The van der Waals surface area contributed by atoms with E-state index in [0.717, 1.165) is 10.3 Å². The van der Waals surface area contributed by atoms with Crippen molar-refractivity contribution in [2.24, 2.45) is 28.6 Å². The number of halogens is 3. The molecule has 1 aliphatic heterocycles. The van der Waals surface area contributed by atoms with E-state index in [9.17, 15) is 32.1 Å². The molecule has 7 nitrogen and oxygen atoms in total. The maximum Gasteiger partial charge on any atom is 0.389 e. The standard InChI is InChI=1S/C32H34F3NO6S2/c1-29-11-9-18(37)13-17(29)7-8-19-20-14-25-32(30(20,2)15-22(38)27(19)29,42-26(41-25)10-12-31(33,34)35)24(39)16-44(40)28-36-21-5-3-4-6-23(21)43-28/h3-6,9,11,13,19-20,22,25-27,38H,7-8,10,12,14-16H2,1-2H3/t19?,20?,22?,25-,26?,27?,29?,30?,32-,44?/m1/s1. The van der Waals surface area contributed by atoms with Crippen LogP contribution < -0.4 is 0 Å². The molecule has 236 valence electrons. The second-order valence-corrected chi connectivity index (χ2v) is 16.0. The van der Waals surface area contributed by atoms with Gasteiger partial charge < -0.3 is 14.6 Å². The number of rotatable bonds is 6. The molecule has 1 N–H and O–H groups in total. The fourth-order valence-electron chi connectivity index (χ4n) is 9.29. The Morgan fingerprint density at radius 2 is 2.02 bits per heavy atom. The van der Waals surface area contributed by atoms with Crippen molar-refractivity contribution in [3.05, 3.63) is 48.1 Å². The van der Waals surface area contributed by atoms with Crippen LogP contribution in [-0.2, 0) is 29.9 Å². The third kappa shape index (κ3) is 4.53. The number of alkyl halides is 3. The highest BCUT2D eigenvalue weighted by atomic mass is 32.2. The van der Waals surface area contributed by atoms with Gasteiger partial charge in [0.05, 0.1) is 39.0 Å². The summed E-state index contributed by atoms with van der Waals surface area (Å²) < 4.78 is 66.8. The summed E-state index contributed by atoms with van der Waals surface area (Å²) in [6, 6.07) is 7.32. The van der Waals surface area contributed by atoms with Crippen molar-refractivity contribution >= 4 is 43.9 Å². The third-order valence-corrected chi connectivity index (χ3v) is 13.7. The number of Topliss-reactive ketones (excluding diaryl/α,β-unsaturated/α-hetero) is 1. The van der Waals surface area contributed by atoms with E-state index in [4.69, 9.17) is 9.47 Å². The minimum atomic E-state index is -4.42. The number of nitrogens with zero attached hydrogens (tertiary/aromatic N) is 1. The number of hydrogen-bond acceptors (Lipinski definition) is 8. The van der Waals surface area contributed by atoms with Gasteiger partial charge >= 0.3 is 6.18 Å². The Kier molecular flexibility index (Phi) is 7.17. The lowest BCUT2D eigenvalue weighted by atomic mass is 9.46. The SMILES string of the molecule is CC12C=CC(=O)C=C1CCC1C2C(O)CC2(C)C1C[C@H]1OC(CCC(F)(F)F)O[C@]12C(=O)CS(=O)c1nc2ccccc2s1. The van der Waals surface area contributed by atoms with E-state index in [1.54, 1.807) is 18.2 Å². The highest BCUT2D eigenvalue weighted by Gasteiger charge is 2.75. The minimum Gasteiger partial charge on any atom is -0.393 e. The quantitative estimate of drug-likeness (QED) is 0.430. The van der Waals surface area contributed by atoms with Crippen molar-refractivity contribution in [1.29, 1.82) is 0 Å². The number of fused-ring (bicyclic) bond motifs is 8. The molecular formula is C32H34F3NO6S2. The Hall–Kier alpha value is -2.25. The van der Waals surface area contributed by atoms with Crippen LogP contribution in [0.3, 0.4) is 0 Å². The van der Waals surface area contributed by atoms with Gasteiger partial charge in [0.25, 0.3) is 0 Å². The lowest BCUT2D eigenvalue weighted by molar-refractivity contribution is -0.204. The number of benzene rings is 1. The number of aliphatic hydroxyl groups excluding tert-OH is 1. The molecule has 4 aliphatic carbocycles. The molecule has 1 saturated heterocycles. The summed E-state index contributed by atoms with van der Waals surface area (Å²) in [5, 5.41) is 11.8. The molecule has 4 fully saturated rings. The van der Waals surface area contributed by atoms with Crippen LogP contribution >= 0.6 is 11.3 Å². The van der Waals surface area contributed by atoms with Crippen LogP contribution in [0.1, 0.15) is 52.4 Å². The Morgan fingerprint density at radius 3 is 2.77 bits per heavy atom. The second kappa shape index (κ2) is 10.4. The molecule has 0 bridgehead atoms. The number of ketones is 2. The van der Waals surface area contributed by atoms with Gasteiger partial charge in [-0.15, -0.1) is 11.3 Å². The molecule has 0 amide bonds. The third-order valence-electron chi connectivity index (χ3n) is 11.1. The van der Waals surface area contributed by atoms with Gasteiger partial charge in [-0.25, -0.2) is 4.98 Å². The summed E-state index contributed by atoms with van der Waals surface area (Å²) in [6.45, 7) is 3.93. The predicted molar refractivity (Wildman–Crippen MR) is 157 cm³/mol. The molecule has 5 aliphatic rings. The lowest BCUT2D eigenvalue weighted by Crippen LogP contribution is -2.63. The first kappa shape index (κ1) is 30.4. The number of ether oxygens (including phenoxy) is 2. The van der Waals surface area contributed by atoms with Crippen LogP contribution in [0.25, 0.3) is 10.2 Å². The van der Waals surface area contributed by atoms with E-state index >= 15 is 0 Å². The Balaban J connectivity index is 1.23. The number of thiazole rings is 1. The molecule has 1 aromatic carbocycles. The number of aliphatic hydroxyl groups is 1. The monoisotopic (exact) mass is 649 g/mol. The zero-order valence-electron chi connectivity index (χ0n) is 24.3. The van der Waals surface area contributed by atoms with Gasteiger partial charge in [-0.1, -0.05) is 37.6 Å². The van der Waals surface area contributed by atoms with Crippen LogP contribution in [0, 0.1) is 28.6 Å². The van der Waals surface area contributed by atoms with Crippen LogP contribution in [0.2, 0.25) is 0 Å². The Bertz CT molecular complexity index is 1590. The average molecular weight is 650 g/mol. The Labute approximate surface area is 259 Å². The first-order valence-corrected chi connectivity index (χ1v) is 17.2. The van der Waals surface area contributed by atoms with Gasteiger partial charge in [0.15, 0.2) is 27.8 Å². The van der Waals surface area contributed by atoms with Crippen molar-refractivity contribution in [2.75, 3.05) is 5.75 Å². The lowest BCUT2D eigenvalue weighted by Gasteiger charge is -2.59. The molecule has 8 unspecified atom stereocenters. The first-order valence-electron chi connectivity index (χ1n) is 15.0. The minimum absolute atomic E-state index is 0.0467. The molecular weight excluding hydrogens is 615 g/mol. The summed E-state index contributed by atoms with van der Waals surface area (Å²) in [5.74, 6) is -1.39. The molecule has 7 rings (SSSR count). The largest absolute Gasteiger partial charge is 0.393 e. The van der Waals surface area contributed by atoms with Crippen LogP contribution in [0.15, 0.2) is 52.4 Å². The summed E-state index contributed by atoms with van der Waals surface area (Å²) in [7, 11) is -1.82. The van der Waals surface area contributed by atoms with Gasteiger partial charge in [-0.3, -0.25) is 13.8 Å². The molecule has 2 heterocycles. The molecule has 2 aromatic rings. The van der Waals surface area contributed by atoms with E-state index in [2.05, 4.69) is 4.98 Å². The Morgan fingerprint density at radius 1 is 1.25 bits per heavy atom. The van der Waals surface area contributed by atoms with Gasteiger partial charge in [-0.2, -0.15) is 13.2 Å². The highest BCUT2D eigenvalue weighted by molar-refractivity contribution is 7.88. The van der Waals surface area contributed by atoms with Gasteiger partial charge in [0, 0.05) is 29.6 Å². The van der Waals surface area contributed by atoms with E-state index in [1.807, 2.05) is 38.1 Å². The van der Waals surface area contributed by atoms with Crippen LogP contribution in [-0.4, -0.2) is 61.9 Å². The van der Waals surface area contributed by atoms with Crippen molar-refractivity contribution in [3.63, 3.8) is 0 Å². The van der Waals surface area contributed by atoms with Gasteiger partial charge in [-0.05, 0) is 61.8 Å². The highest BCUT2D eigenvalue weighted by Crippen LogP contribution is 2.69. The first-order chi connectivity index (χ1) is 20.7. The number of carbonyl (C=O) groups excluding carboxylic acids is 2. The fraction of sp³-hybridized carbons (Fsp3) is 0.594. The van der Waals surface area contributed by atoms with Gasteiger partial charge in [0.2, 0.25) is 0 Å². The van der Waals surface area contributed by atoms with Crippen molar-refractivity contribution in [1.82, 2.24) is 4.98 Å². The summed E-state index contributed by atoms with van der Waals surface area (Å²) in [5.41, 5.74) is -1.52. The van der Waals surface area contributed by atoms with Crippen molar-refractivity contribution in [3.8, 4) is 0 Å².